The van der Waals surface area contributed by atoms with E-state index in [9.17, 15) is 14.9 Å². The topological polar surface area (TPSA) is 90.7 Å². The van der Waals surface area contributed by atoms with Gasteiger partial charge < -0.3 is 14.8 Å². The van der Waals surface area contributed by atoms with Gasteiger partial charge in [0, 0.05) is 19.0 Å². The van der Waals surface area contributed by atoms with Crippen LogP contribution in [-0.2, 0) is 9.53 Å². The summed E-state index contributed by atoms with van der Waals surface area (Å²) in [5.41, 5.74) is -0.0796. The highest BCUT2D eigenvalue weighted by atomic mass is 16.6. The second kappa shape index (κ2) is 5.66. The van der Waals surface area contributed by atoms with Gasteiger partial charge in [-0.3, -0.25) is 14.9 Å². The predicted molar refractivity (Wildman–Crippen MR) is 65.9 cm³/mol. The van der Waals surface area contributed by atoms with Crippen LogP contribution in [0.1, 0.15) is 6.42 Å². The first-order chi connectivity index (χ1) is 9.11. The molecule has 2 atom stereocenters. The average Bonchev–Trinajstić information content (AvgIpc) is 2.86. The highest BCUT2D eigenvalue weighted by Crippen LogP contribution is 2.28. The molecule has 2 unspecified atom stereocenters. The van der Waals surface area contributed by atoms with Gasteiger partial charge in [0.25, 0.3) is 0 Å². The van der Waals surface area contributed by atoms with Crippen molar-refractivity contribution in [2.24, 2.45) is 0 Å². The Kier molecular flexibility index (Phi) is 3.96. The molecular weight excluding hydrogens is 252 g/mol. The average molecular weight is 266 g/mol. The fraction of sp³-hybridized carbons (Fsp3) is 0.417. The Morgan fingerprint density at radius 1 is 1.47 bits per heavy atom. The van der Waals surface area contributed by atoms with E-state index >= 15 is 0 Å². The number of nitrogens with zero attached hydrogens (tertiary/aromatic N) is 1. The van der Waals surface area contributed by atoms with Gasteiger partial charge in [-0.2, -0.15) is 0 Å². The number of methoxy groups -OCH3 is 1. The Morgan fingerprint density at radius 2 is 2.21 bits per heavy atom. The molecule has 0 spiro atoms. The monoisotopic (exact) mass is 266 g/mol. The number of rotatable bonds is 4. The summed E-state index contributed by atoms with van der Waals surface area (Å²) in [6.07, 6.45) is 0.142. The number of carbonyl (C=O) groups excluding carboxylic acids is 1. The molecule has 7 nitrogen and oxygen atoms in total. The lowest BCUT2D eigenvalue weighted by molar-refractivity contribution is -0.386. The summed E-state index contributed by atoms with van der Waals surface area (Å²) < 4.78 is 10.2. The molecule has 0 bridgehead atoms. The maximum Gasteiger partial charge on any atom is 0.323 e. The van der Waals surface area contributed by atoms with E-state index in [0.29, 0.717) is 13.0 Å². The lowest BCUT2D eigenvalue weighted by Gasteiger charge is -2.12. The summed E-state index contributed by atoms with van der Waals surface area (Å²) in [7, 11) is 1.32. The van der Waals surface area contributed by atoms with Crippen LogP contribution in [0.2, 0.25) is 0 Å². The molecule has 1 aliphatic heterocycles. The minimum absolute atomic E-state index is 0.0796. The number of nitro groups is 1. The van der Waals surface area contributed by atoms with E-state index in [1.165, 1.54) is 13.2 Å². The van der Waals surface area contributed by atoms with Gasteiger partial charge in [0.15, 0.2) is 5.75 Å². The lowest BCUT2D eigenvalue weighted by Crippen LogP contribution is -2.31. The smallest absolute Gasteiger partial charge is 0.323 e. The lowest BCUT2D eigenvalue weighted by atomic mass is 10.2. The van der Waals surface area contributed by atoms with Crippen LogP contribution in [0.3, 0.4) is 0 Å². The van der Waals surface area contributed by atoms with Crippen molar-refractivity contribution < 1.29 is 19.2 Å². The van der Waals surface area contributed by atoms with Gasteiger partial charge in [0.1, 0.15) is 12.1 Å². The molecule has 0 saturated carbocycles. The Labute approximate surface area is 109 Å². The standard InChI is InChI=1S/C12H14N2O5/c1-18-12(15)9-6-8(7-13-9)19-11-5-3-2-4-10(11)14(16)17/h2-5,8-9,13H,6-7H2,1H3. The number of ether oxygens (including phenoxy) is 2. The molecule has 1 aromatic carbocycles. The number of nitro benzene ring substituents is 1. The Hall–Kier alpha value is -2.15. The zero-order chi connectivity index (χ0) is 13.8. The largest absolute Gasteiger partial charge is 0.482 e. The van der Waals surface area contributed by atoms with Crippen molar-refractivity contribution in [3.05, 3.63) is 34.4 Å². The van der Waals surface area contributed by atoms with Gasteiger partial charge in [0.05, 0.1) is 12.0 Å². The van der Waals surface area contributed by atoms with Crippen molar-refractivity contribution in [3.63, 3.8) is 0 Å². The van der Waals surface area contributed by atoms with Gasteiger partial charge in [-0.15, -0.1) is 0 Å². The van der Waals surface area contributed by atoms with Crippen LogP contribution in [0.25, 0.3) is 0 Å². The van der Waals surface area contributed by atoms with Crippen LogP contribution >= 0.6 is 0 Å². The maximum absolute atomic E-state index is 11.3. The fourth-order valence-corrected chi connectivity index (χ4v) is 2.00. The quantitative estimate of drug-likeness (QED) is 0.494. The Morgan fingerprint density at radius 3 is 2.89 bits per heavy atom. The highest BCUT2D eigenvalue weighted by molar-refractivity contribution is 5.76. The summed E-state index contributed by atoms with van der Waals surface area (Å²) in [5.74, 6) is -0.140. The van der Waals surface area contributed by atoms with Gasteiger partial charge in [-0.1, -0.05) is 12.1 Å². The van der Waals surface area contributed by atoms with E-state index in [1.54, 1.807) is 18.2 Å². The zero-order valence-corrected chi connectivity index (χ0v) is 10.4. The van der Waals surface area contributed by atoms with Crippen LogP contribution < -0.4 is 10.1 Å². The summed E-state index contributed by atoms with van der Waals surface area (Å²) in [6.45, 7) is 0.450. The van der Waals surface area contributed by atoms with Crippen LogP contribution in [0, 0.1) is 10.1 Å². The van der Waals surface area contributed by atoms with Gasteiger partial charge >= 0.3 is 11.7 Å². The second-order valence-corrected chi connectivity index (χ2v) is 4.18. The molecule has 1 saturated heterocycles. The third-order valence-electron chi connectivity index (χ3n) is 2.93. The van der Waals surface area contributed by atoms with E-state index in [2.05, 4.69) is 10.1 Å². The van der Waals surface area contributed by atoms with E-state index < -0.39 is 11.0 Å². The van der Waals surface area contributed by atoms with E-state index in [4.69, 9.17) is 4.74 Å². The van der Waals surface area contributed by atoms with Crippen LogP contribution in [0.15, 0.2) is 24.3 Å². The summed E-state index contributed by atoms with van der Waals surface area (Å²) >= 11 is 0. The third kappa shape index (κ3) is 3.00. The normalized spacial score (nSPS) is 21.9. The van der Waals surface area contributed by atoms with Crippen LogP contribution in [-0.4, -0.2) is 36.7 Å². The number of nitrogens with one attached hydrogen (secondary N) is 1. The molecule has 1 fully saturated rings. The number of carbonyl (C=O) groups is 1. The molecule has 2 rings (SSSR count). The molecule has 1 aliphatic rings. The molecule has 0 aliphatic carbocycles. The Balaban J connectivity index is 2.03. The highest BCUT2D eigenvalue weighted by Gasteiger charge is 2.32. The van der Waals surface area contributed by atoms with Crippen molar-refractivity contribution in [1.82, 2.24) is 5.32 Å². The van der Waals surface area contributed by atoms with Gasteiger partial charge in [-0.05, 0) is 6.07 Å². The SMILES string of the molecule is COC(=O)C1CC(Oc2ccccc2[N+](=O)[O-])CN1. The molecule has 102 valence electrons. The van der Waals surface area contributed by atoms with Crippen molar-refractivity contribution in [3.8, 4) is 5.75 Å². The van der Waals surface area contributed by atoms with Crippen molar-refractivity contribution in [1.29, 1.82) is 0 Å². The molecular formula is C12H14N2O5. The number of hydrogen-bond acceptors (Lipinski definition) is 6. The second-order valence-electron chi connectivity index (χ2n) is 4.18. The number of benzene rings is 1. The molecule has 0 radical (unpaired) electrons. The molecule has 1 heterocycles. The first kappa shape index (κ1) is 13.3. The van der Waals surface area contributed by atoms with Gasteiger partial charge in [-0.25, -0.2) is 0 Å². The predicted octanol–water partition coefficient (Wildman–Crippen LogP) is 0.877. The molecule has 0 aromatic heterocycles. The van der Waals surface area contributed by atoms with Crippen LogP contribution in [0.4, 0.5) is 5.69 Å². The van der Waals surface area contributed by atoms with Crippen molar-refractivity contribution >= 4 is 11.7 Å². The zero-order valence-electron chi connectivity index (χ0n) is 10.4. The molecule has 7 heteroatoms. The van der Waals surface area contributed by atoms with E-state index in [-0.39, 0.29) is 23.5 Å². The molecule has 0 amide bonds. The molecule has 19 heavy (non-hydrogen) atoms. The fourth-order valence-electron chi connectivity index (χ4n) is 2.00. The van der Waals surface area contributed by atoms with Crippen molar-refractivity contribution in [2.45, 2.75) is 18.6 Å². The minimum Gasteiger partial charge on any atom is -0.482 e. The number of hydrogen-bond donors (Lipinski definition) is 1. The summed E-state index contributed by atoms with van der Waals surface area (Å²) in [6, 6.07) is 5.76. The Bertz CT molecular complexity index is 491. The first-order valence-electron chi connectivity index (χ1n) is 5.83. The molecule has 1 N–H and O–H groups in total. The van der Waals surface area contributed by atoms with Gasteiger partial charge in [0.2, 0.25) is 0 Å². The summed E-state index contributed by atoms with van der Waals surface area (Å²) in [4.78, 5) is 21.7. The van der Waals surface area contributed by atoms with Crippen LogP contribution in [0.5, 0.6) is 5.75 Å². The van der Waals surface area contributed by atoms with E-state index in [1.807, 2.05) is 0 Å². The van der Waals surface area contributed by atoms with E-state index in [0.717, 1.165) is 0 Å². The van der Waals surface area contributed by atoms with Crippen molar-refractivity contribution in [2.75, 3.05) is 13.7 Å². The molecule has 1 aromatic rings. The minimum atomic E-state index is -0.491. The maximum atomic E-state index is 11.3. The first-order valence-corrected chi connectivity index (χ1v) is 5.83. The summed E-state index contributed by atoms with van der Waals surface area (Å²) in [5, 5.41) is 13.8. The third-order valence-corrected chi connectivity index (χ3v) is 2.93. The number of para-hydroxylation sites is 2. The number of esters is 1.